The van der Waals surface area contributed by atoms with E-state index in [9.17, 15) is 10.1 Å². The number of hydrogen-bond donors (Lipinski definition) is 1. The Hall–Kier alpha value is -1.86. The number of nitrogens with one attached hydrogen (secondary N) is 1. The number of aryl methyl sites for hydroxylation is 1. The van der Waals surface area contributed by atoms with E-state index < -0.39 is 0 Å². The Morgan fingerprint density at radius 1 is 1.33 bits per heavy atom. The van der Waals surface area contributed by atoms with Gasteiger partial charge in [0.2, 0.25) is 0 Å². The maximum absolute atomic E-state index is 10.8. The van der Waals surface area contributed by atoms with Crippen LogP contribution in [0.3, 0.4) is 0 Å². The van der Waals surface area contributed by atoms with Gasteiger partial charge in [-0.3, -0.25) is 10.1 Å². The van der Waals surface area contributed by atoms with Crippen LogP contribution in [0.5, 0.6) is 0 Å². The second-order valence-electron chi connectivity index (χ2n) is 4.76. The van der Waals surface area contributed by atoms with E-state index in [4.69, 9.17) is 0 Å². The highest BCUT2D eigenvalue weighted by atomic mass is 32.1. The summed E-state index contributed by atoms with van der Waals surface area (Å²) < 4.78 is 0. The number of nitro groups is 1. The molecule has 21 heavy (non-hydrogen) atoms. The van der Waals surface area contributed by atoms with Gasteiger partial charge in [0, 0.05) is 30.2 Å². The molecule has 0 amide bonds. The highest BCUT2D eigenvalue weighted by molar-refractivity contribution is 7.14. The van der Waals surface area contributed by atoms with Crippen LogP contribution in [0.4, 0.5) is 5.69 Å². The van der Waals surface area contributed by atoms with Gasteiger partial charge >= 0.3 is 0 Å². The van der Waals surface area contributed by atoms with E-state index in [1.807, 2.05) is 0 Å². The highest BCUT2D eigenvalue weighted by Crippen LogP contribution is 2.28. The van der Waals surface area contributed by atoms with Crippen molar-refractivity contribution in [3.8, 4) is 10.6 Å². The quantitative estimate of drug-likeness (QED) is 0.483. The molecule has 0 radical (unpaired) electrons. The molecule has 2 aromatic rings. The Morgan fingerprint density at radius 3 is 2.81 bits per heavy atom. The van der Waals surface area contributed by atoms with Gasteiger partial charge in [0.15, 0.2) is 0 Å². The first-order valence-corrected chi connectivity index (χ1v) is 7.72. The lowest BCUT2D eigenvalue weighted by Gasteiger charge is -2.00. The summed E-state index contributed by atoms with van der Waals surface area (Å²) in [6.45, 7) is 5.76. The average molecular weight is 306 g/mol. The number of aromatic nitrogens is 2. The van der Waals surface area contributed by atoms with Gasteiger partial charge in [0.05, 0.1) is 4.92 Å². The fourth-order valence-electron chi connectivity index (χ4n) is 1.96. The van der Waals surface area contributed by atoms with E-state index in [0.29, 0.717) is 5.56 Å². The van der Waals surface area contributed by atoms with Gasteiger partial charge in [-0.25, -0.2) is 0 Å². The van der Waals surface area contributed by atoms with Gasteiger partial charge in [-0.05, 0) is 32.0 Å². The van der Waals surface area contributed by atoms with Crippen molar-refractivity contribution in [2.75, 3.05) is 13.1 Å². The molecule has 0 spiro atoms. The molecule has 1 heterocycles. The normalized spacial score (nSPS) is 10.8. The maximum Gasteiger partial charge on any atom is 0.272 e. The van der Waals surface area contributed by atoms with Gasteiger partial charge in [0.1, 0.15) is 10.0 Å². The molecule has 6 nitrogen and oxygen atoms in total. The van der Waals surface area contributed by atoms with Crippen molar-refractivity contribution in [3.63, 3.8) is 0 Å². The summed E-state index contributed by atoms with van der Waals surface area (Å²) in [5.74, 6) is 0. The number of nitrogens with zero attached hydrogens (tertiary/aromatic N) is 3. The van der Waals surface area contributed by atoms with E-state index in [-0.39, 0.29) is 10.6 Å². The van der Waals surface area contributed by atoms with E-state index in [2.05, 4.69) is 22.4 Å². The zero-order chi connectivity index (χ0) is 15.2. The van der Waals surface area contributed by atoms with Gasteiger partial charge in [0.25, 0.3) is 5.69 Å². The molecule has 2 rings (SSSR count). The first-order valence-electron chi connectivity index (χ1n) is 6.90. The lowest BCUT2D eigenvalue weighted by molar-refractivity contribution is -0.385. The smallest absolute Gasteiger partial charge is 0.272 e. The van der Waals surface area contributed by atoms with Crippen LogP contribution in [0, 0.1) is 17.0 Å². The number of nitro benzene ring substituents is 1. The zero-order valence-corrected chi connectivity index (χ0v) is 12.9. The van der Waals surface area contributed by atoms with Crippen molar-refractivity contribution in [1.82, 2.24) is 15.5 Å². The van der Waals surface area contributed by atoms with Crippen molar-refractivity contribution in [3.05, 3.63) is 38.9 Å². The molecule has 0 saturated heterocycles. The number of benzene rings is 1. The summed E-state index contributed by atoms with van der Waals surface area (Å²) in [4.78, 5) is 10.4. The molecule has 0 fully saturated rings. The minimum Gasteiger partial charge on any atom is -0.316 e. The lowest BCUT2D eigenvalue weighted by Crippen LogP contribution is -2.17. The van der Waals surface area contributed by atoms with Crippen molar-refractivity contribution >= 4 is 17.0 Å². The molecule has 1 aromatic carbocycles. The Labute approximate surface area is 127 Å². The third-order valence-electron chi connectivity index (χ3n) is 3.05. The predicted molar refractivity (Wildman–Crippen MR) is 83.6 cm³/mol. The first kappa shape index (κ1) is 15.5. The van der Waals surface area contributed by atoms with Crippen LogP contribution in [0.2, 0.25) is 0 Å². The van der Waals surface area contributed by atoms with Crippen LogP contribution in [0.15, 0.2) is 18.2 Å². The second kappa shape index (κ2) is 7.24. The molecule has 1 N–H and O–H groups in total. The van der Waals surface area contributed by atoms with Crippen LogP contribution >= 0.6 is 11.3 Å². The summed E-state index contributed by atoms with van der Waals surface area (Å²) in [6.07, 6.45) is 1.97. The molecule has 1 aromatic heterocycles. The first-order chi connectivity index (χ1) is 10.1. The van der Waals surface area contributed by atoms with E-state index in [1.165, 1.54) is 17.4 Å². The maximum atomic E-state index is 10.8. The van der Waals surface area contributed by atoms with Crippen LogP contribution in [0.1, 0.15) is 23.9 Å². The molecule has 0 saturated carbocycles. The topological polar surface area (TPSA) is 81.0 Å². The zero-order valence-electron chi connectivity index (χ0n) is 12.1. The van der Waals surface area contributed by atoms with Gasteiger partial charge < -0.3 is 5.32 Å². The number of rotatable bonds is 7. The second-order valence-corrected chi connectivity index (χ2v) is 5.82. The molecule has 0 atom stereocenters. The Morgan fingerprint density at radius 2 is 2.14 bits per heavy atom. The summed E-state index contributed by atoms with van der Waals surface area (Å²) >= 11 is 1.53. The summed E-state index contributed by atoms with van der Waals surface area (Å²) in [5.41, 5.74) is 1.65. The molecule has 0 unspecified atom stereocenters. The third-order valence-corrected chi connectivity index (χ3v) is 4.08. The predicted octanol–water partition coefficient (Wildman–Crippen LogP) is 2.96. The summed E-state index contributed by atoms with van der Waals surface area (Å²) in [5, 5.41) is 24.3. The monoisotopic (exact) mass is 306 g/mol. The van der Waals surface area contributed by atoms with Crippen LogP contribution < -0.4 is 5.32 Å². The van der Waals surface area contributed by atoms with Crippen molar-refractivity contribution < 1.29 is 4.92 Å². The Kier molecular flexibility index (Phi) is 5.35. The molecular weight excluding hydrogens is 288 g/mol. The van der Waals surface area contributed by atoms with Gasteiger partial charge in [-0.15, -0.1) is 10.2 Å². The molecule has 7 heteroatoms. The molecule has 0 bridgehead atoms. The van der Waals surface area contributed by atoms with E-state index in [1.54, 1.807) is 19.1 Å². The standard InChI is InChI=1S/C14H18N4O2S/c1-3-7-15-8-6-13-16-17-14(21-13)11-4-5-12(18(19)20)10(2)9-11/h4-5,9,15H,3,6-8H2,1-2H3. The van der Waals surface area contributed by atoms with Crippen molar-refractivity contribution in [2.24, 2.45) is 0 Å². The lowest BCUT2D eigenvalue weighted by atomic mass is 10.1. The fourth-order valence-corrected chi connectivity index (χ4v) is 2.80. The average Bonchev–Trinajstić information content (AvgIpc) is 2.92. The highest BCUT2D eigenvalue weighted by Gasteiger charge is 2.13. The molecule has 0 aliphatic heterocycles. The summed E-state index contributed by atoms with van der Waals surface area (Å²) in [6, 6.07) is 5.04. The SMILES string of the molecule is CCCNCCc1nnc(-c2ccc([N+](=O)[O-])c(C)c2)s1. The van der Waals surface area contributed by atoms with E-state index >= 15 is 0 Å². The van der Waals surface area contributed by atoms with Gasteiger partial charge in [-0.1, -0.05) is 18.3 Å². The molecular formula is C14H18N4O2S. The van der Waals surface area contributed by atoms with Crippen molar-refractivity contribution in [2.45, 2.75) is 26.7 Å². The van der Waals surface area contributed by atoms with Crippen molar-refractivity contribution in [1.29, 1.82) is 0 Å². The molecule has 112 valence electrons. The largest absolute Gasteiger partial charge is 0.316 e. The van der Waals surface area contributed by atoms with Crippen LogP contribution in [-0.2, 0) is 6.42 Å². The molecule has 0 aliphatic rings. The molecule has 0 aliphatic carbocycles. The minimum absolute atomic E-state index is 0.132. The Bertz CT molecular complexity index is 627. The fraction of sp³-hybridized carbons (Fsp3) is 0.429. The van der Waals surface area contributed by atoms with Crippen LogP contribution in [0.25, 0.3) is 10.6 Å². The number of hydrogen-bond acceptors (Lipinski definition) is 6. The van der Waals surface area contributed by atoms with Crippen LogP contribution in [-0.4, -0.2) is 28.2 Å². The summed E-state index contributed by atoms with van der Waals surface area (Å²) in [7, 11) is 0. The Balaban J connectivity index is 2.07. The van der Waals surface area contributed by atoms with Gasteiger partial charge in [-0.2, -0.15) is 0 Å². The van der Waals surface area contributed by atoms with E-state index in [0.717, 1.165) is 41.5 Å². The third kappa shape index (κ3) is 4.05. The minimum atomic E-state index is -0.371.